The van der Waals surface area contributed by atoms with Gasteiger partial charge in [0, 0.05) is 36.5 Å². The van der Waals surface area contributed by atoms with Crippen LogP contribution in [0.2, 0.25) is 0 Å². The Labute approximate surface area is 148 Å². The first-order valence-corrected chi connectivity index (χ1v) is 9.01. The highest BCUT2D eigenvalue weighted by molar-refractivity contribution is 5.91. The van der Waals surface area contributed by atoms with Crippen LogP contribution >= 0.6 is 0 Å². The van der Waals surface area contributed by atoms with Gasteiger partial charge in [0.15, 0.2) is 0 Å². The fourth-order valence-electron chi connectivity index (χ4n) is 3.64. The Balaban J connectivity index is 1.87. The van der Waals surface area contributed by atoms with Gasteiger partial charge < -0.3 is 9.64 Å². The van der Waals surface area contributed by atoms with Crippen molar-refractivity contribution in [1.82, 2.24) is 24.5 Å². The number of nitrogens with zero attached hydrogens (tertiary/aromatic N) is 5. The fraction of sp³-hybridized carbons (Fsp3) is 0.667. The van der Waals surface area contributed by atoms with E-state index >= 15 is 0 Å². The van der Waals surface area contributed by atoms with E-state index in [9.17, 15) is 4.79 Å². The number of ether oxygens (including phenoxy) is 1. The van der Waals surface area contributed by atoms with E-state index in [2.05, 4.69) is 35.8 Å². The number of hydrogen-bond acceptors (Lipinski definition) is 5. The minimum Gasteiger partial charge on any atom is -0.378 e. The Morgan fingerprint density at radius 2 is 2.20 bits per heavy atom. The number of aryl methyl sites for hydroxylation is 1. The molecule has 136 valence electrons. The molecule has 0 aliphatic heterocycles. The van der Waals surface area contributed by atoms with Crippen molar-refractivity contribution in [2.24, 2.45) is 5.41 Å². The average Bonchev–Trinajstić information content (AvgIpc) is 3.02. The maximum absolute atomic E-state index is 13.1. The third-order valence-electron chi connectivity index (χ3n) is 5.22. The molecule has 25 heavy (non-hydrogen) atoms. The molecule has 1 saturated carbocycles. The molecule has 1 amide bonds. The maximum Gasteiger partial charge on any atom is 0.293 e. The first kappa shape index (κ1) is 17.8. The SMILES string of the molecule is CCCN(C(=O)c1nc2nccc(C)n2n1)[C@H]1C[C@@H](OCC)C1(C)C. The number of carbonyl (C=O) groups excluding carboxylic acids is 1. The Morgan fingerprint density at radius 1 is 1.44 bits per heavy atom. The van der Waals surface area contributed by atoms with Crippen molar-refractivity contribution in [3.63, 3.8) is 0 Å². The van der Waals surface area contributed by atoms with E-state index in [0.717, 1.165) is 18.5 Å². The lowest BCUT2D eigenvalue weighted by Crippen LogP contribution is -2.63. The second-order valence-corrected chi connectivity index (χ2v) is 7.25. The van der Waals surface area contributed by atoms with Gasteiger partial charge in [-0.3, -0.25) is 4.79 Å². The van der Waals surface area contributed by atoms with Gasteiger partial charge in [-0.25, -0.2) is 9.50 Å². The van der Waals surface area contributed by atoms with Crippen LogP contribution < -0.4 is 0 Å². The van der Waals surface area contributed by atoms with E-state index in [1.807, 2.05) is 24.8 Å². The quantitative estimate of drug-likeness (QED) is 0.804. The van der Waals surface area contributed by atoms with Gasteiger partial charge in [-0.2, -0.15) is 4.98 Å². The zero-order chi connectivity index (χ0) is 18.2. The zero-order valence-electron chi connectivity index (χ0n) is 15.7. The maximum atomic E-state index is 13.1. The van der Waals surface area contributed by atoms with Crippen molar-refractivity contribution < 1.29 is 9.53 Å². The first-order valence-electron chi connectivity index (χ1n) is 9.01. The minimum atomic E-state index is -0.125. The lowest BCUT2D eigenvalue weighted by Gasteiger charge is -2.55. The lowest BCUT2D eigenvalue weighted by atomic mass is 9.63. The minimum absolute atomic E-state index is 0.0752. The van der Waals surface area contributed by atoms with Crippen molar-refractivity contribution in [1.29, 1.82) is 0 Å². The third kappa shape index (κ3) is 3.01. The first-order chi connectivity index (χ1) is 11.9. The van der Waals surface area contributed by atoms with E-state index in [1.165, 1.54) is 0 Å². The van der Waals surface area contributed by atoms with Crippen LogP contribution in [0.15, 0.2) is 12.3 Å². The van der Waals surface area contributed by atoms with Crippen LogP contribution in [0, 0.1) is 12.3 Å². The largest absolute Gasteiger partial charge is 0.378 e. The smallest absolute Gasteiger partial charge is 0.293 e. The Bertz CT molecular complexity index is 770. The van der Waals surface area contributed by atoms with E-state index in [0.29, 0.717) is 18.9 Å². The number of hydrogen-bond donors (Lipinski definition) is 0. The van der Waals surface area contributed by atoms with Gasteiger partial charge in [0.1, 0.15) is 0 Å². The van der Waals surface area contributed by atoms with Crippen molar-refractivity contribution in [2.45, 2.75) is 59.6 Å². The molecule has 7 heteroatoms. The van der Waals surface area contributed by atoms with E-state index in [4.69, 9.17) is 4.74 Å². The molecule has 1 aliphatic carbocycles. The van der Waals surface area contributed by atoms with Crippen molar-refractivity contribution in [3.8, 4) is 0 Å². The molecule has 1 aliphatic rings. The number of fused-ring (bicyclic) bond motifs is 1. The summed E-state index contributed by atoms with van der Waals surface area (Å²) in [5.74, 6) is 0.547. The molecule has 0 spiro atoms. The summed E-state index contributed by atoms with van der Waals surface area (Å²) in [6, 6.07) is 1.98. The monoisotopic (exact) mass is 345 g/mol. The molecule has 3 rings (SSSR count). The van der Waals surface area contributed by atoms with Gasteiger partial charge in [0.2, 0.25) is 5.82 Å². The summed E-state index contributed by atoms with van der Waals surface area (Å²) in [5.41, 5.74) is 0.827. The number of amides is 1. The van der Waals surface area contributed by atoms with E-state index < -0.39 is 0 Å². The Hall–Kier alpha value is -2.02. The normalized spacial score (nSPS) is 22.0. The summed E-state index contributed by atoms with van der Waals surface area (Å²) in [6.07, 6.45) is 3.62. The molecule has 2 aromatic rings. The van der Waals surface area contributed by atoms with Crippen molar-refractivity contribution >= 4 is 11.7 Å². The van der Waals surface area contributed by atoms with Gasteiger partial charge in [-0.15, -0.1) is 5.10 Å². The van der Waals surface area contributed by atoms with Crippen molar-refractivity contribution in [2.75, 3.05) is 13.2 Å². The second kappa shape index (κ2) is 6.71. The summed E-state index contributed by atoms with van der Waals surface area (Å²) in [5, 5.41) is 4.38. The van der Waals surface area contributed by atoms with Gasteiger partial charge in [-0.1, -0.05) is 20.8 Å². The third-order valence-corrected chi connectivity index (χ3v) is 5.22. The van der Waals surface area contributed by atoms with Crippen LogP contribution in [-0.2, 0) is 4.74 Å². The highest BCUT2D eigenvalue weighted by atomic mass is 16.5. The van der Waals surface area contributed by atoms with Gasteiger partial charge >= 0.3 is 0 Å². The van der Waals surface area contributed by atoms with Crippen LogP contribution in [0.25, 0.3) is 5.78 Å². The molecular weight excluding hydrogens is 318 g/mol. The molecule has 0 bridgehead atoms. The van der Waals surface area contributed by atoms with Crippen LogP contribution in [0.3, 0.4) is 0 Å². The molecule has 0 saturated heterocycles. The number of carbonyl (C=O) groups is 1. The van der Waals surface area contributed by atoms with Crippen LogP contribution in [-0.4, -0.2) is 55.7 Å². The zero-order valence-corrected chi connectivity index (χ0v) is 15.7. The Morgan fingerprint density at radius 3 is 2.80 bits per heavy atom. The van der Waals surface area contributed by atoms with Crippen LogP contribution in [0.1, 0.15) is 56.8 Å². The van der Waals surface area contributed by atoms with E-state index in [-0.39, 0.29) is 29.3 Å². The summed E-state index contributed by atoms with van der Waals surface area (Å²) in [6.45, 7) is 11.7. The predicted octanol–water partition coefficient (Wildman–Crippen LogP) is 2.49. The highest BCUT2D eigenvalue weighted by Gasteiger charge is 2.52. The summed E-state index contributed by atoms with van der Waals surface area (Å²) >= 11 is 0. The molecule has 2 aromatic heterocycles. The molecule has 0 unspecified atom stereocenters. The van der Waals surface area contributed by atoms with E-state index in [1.54, 1.807) is 10.7 Å². The van der Waals surface area contributed by atoms with Crippen LogP contribution in [0.5, 0.6) is 0 Å². The molecule has 1 fully saturated rings. The molecule has 7 nitrogen and oxygen atoms in total. The summed E-state index contributed by atoms with van der Waals surface area (Å²) in [4.78, 5) is 23.6. The fourth-order valence-corrected chi connectivity index (χ4v) is 3.64. The highest BCUT2D eigenvalue weighted by Crippen LogP contribution is 2.46. The van der Waals surface area contributed by atoms with Gasteiger partial charge in [0.05, 0.1) is 6.10 Å². The van der Waals surface area contributed by atoms with Gasteiger partial charge in [-0.05, 0) is 32.8 Å². The standard InChI is InChI=1S/C18H27N5O2/c1-6-10-22(13-11-14(25-7-2)18(13,4)5)16(24)15-20-17-19-9-8-12(3)23(17)21-15/h8-9,13-14H,6-7,10-11H2,1-5H3/t13-,14+/m0/s1. The molecule has 2 atom stereocenters. The topological polar surface area (TPSA) is 72.6 Å². The number of aromatic nitrogens is 4. The Kier molecular flexibility index (Phi) is 4.77. The number of rotatable bonds is 6. The second-order valence-electron chi connectivity index (χ2n) is 7.25. The predicted molar refractivity (Wildman–Crippen MR) is 94.4 cm³/mol. The summed E-state index contributed by atoms with van der Waals surface area (Å²) in [7, 11) is 0. The van der Waals surface area contributed by atoms with Crippen molar-refractivity contribution in [3.05, 3.63) is 23.8 Å². The lowest BCUT2D eigenvalue weighted by molar-refractivity contribution is -0.140. The molecular formula is C18H27N5O2. The molecule has 0 aromatic carbocycles. The summed E-state index contributed by atoms with van der Waals surface area (Å²) < 4.78 is 7.43. The molecule has 0 radical (unpaired) electrons. The van der Waals surface area contributed by atoms with Gasteiger partial charge in [0.25, 0.3) is 11.7 Å². The average molecular weight is 345 g/mol. The molecule has 2 heterocycles. The van der Waals surface area contributed by atoms with Crippen LogP contribution in [0.4, 0.5) is 0 Å². The molecule has 0 N–H and O–H groups in total.